The molecular formula is C11H14O7. The van der Waals surface area contributed by atoms with Crippen molar-refractivity contribution in [2.75, 3.05) is 0 Å². The number of hydrogen-bond acceptors (Lipinski definition) is 6. The Hall–Kier alpha value is -2.44. The topological polar surface area (TPSA) is 107 Å². The summed E-state index contributed by atoms with van der Waals surface area (Å²) >= 11 is 0. The summed E-state index contributed by atoms with van der Waals surface area (Å²) in [7, 11) is 0. The summed E-state index contributed by atoms with van der Waals surface area (Å²) in [6.45, 7) is 7.35. The summed E-state index contributed by atoms with van der Waals surface area (Å²) in [6.07, 6.45) is 1.45. The number of hydrogen-bond donors (Lipinski definition) is 1. The van der Waals surface area contributed by atoms with E-state index in [0.29, 0.717) is 0 Å². The molecule has 7 nitrogen and oxygen atoms in total. The Bertz CT molecular complexity index is 339. The van der Waals surface area contributed by atoms with Gasteiger partial charge in [0.1, 0.15) is 0 Å². The van der Waals surface area contributed by atoms with Crippen molar-refractivity contribution in [3.8, 4) is 0 Å². The predicted octanol–water partition coefficient (Wildman–Crippen LogP) is 0.800. The molecule has 1 N–H and O–H groups in total. The molecule has 0 unspecified atom stereocenters. The minimum Gasteiger partial charge on any atom is -0.481 e. The van der Waals surface area contributed by atoms with Crippen LogP contribution in [0.2, 0.25) is 0 Å². The first-order valence-corrected chi connectivity index (χ1v) is 4.70. The van der Waals surface area contributed by atoms with Gasteiger partial charge in [-0.15, -0.1) is 0 Å². The van der Waals surface area contributed by atoms with E-state index in [2.05, 4.69) is 22.6 Å². The Morgan fingerprint density at radius 3 is 1.94 bits per heavy atom. The van der Waals surface area contributed by atoms with Crippen molar-refractivity contribution in [2.24, 2.45) is 0 Å². The molecule has 0 aromatic carbocycles. The normalized spacial score (nSPS) is 8.06. The summed E-state index contributed by atoms with van der Waals surface area (Å²) in [6, 6.07) is 0. The van der Waals surface area contributed by atoms with Gasteiger partial charge in [0.2, 0.25) is 0 Å². The highest BCUT2D eigenvalue weighted by Crippen LogP contribution is 1.96. The molecule has 0 atom stereocenters. The van der Waals surface area contributed by atoms with Crippen LogP contribution < -0.4 is 0 Å². The second-order valence-corrected chi connectivity index (χ2v) is 2.67. The number of carbonyl (C=O) groups is 4. The molecule has 0 aromatic heterocycles. The van der Waals surface area contributed by atoms with E-state index in [1.54, 1.807) is 0 Å². The highest BCUT2D eigenvalue weighted by Gasteiger charge is 2.10. The van der Waals surface area contributed by atoms with E-state index < -0.39 is 23.9 Å². The number of rotatable bonds is 5. The molecule has 0 saturated carbocycles. The van der Waals surface area contributed by atoms with E-state index in [-0.39, 0.29) is 12.8 Å². The van der Waals surface area contributed by atoms with Crippen LogP contribution in [0.5, 0.6) is 0 Å². The Labute approximate surface area is 104 Å². The Morgan fingerprint density at radius 1 is 1.11 bits per heavy atom. The van der Waals surface area contributed by atoms with Gasteiger partial charge in [-0.05, 0) is 0 Å². The van der Waals surface area contributed by atoms with Crippen molar-refractivity contribution in [3.05, 3.63) is 25.5 Å². The third-order valence-electron chi connectivity index (χ3n) is 1.13. The molecule has 0 aromatic rings. The minimum absolute atomic E-state index is 0.157. The van der Waals surface area contributed by atoms with Crippen LogP contribution in [-0.2, 0) is 28.7 Å². The molecular weight excluding hydrogens is 244 g/mol. The highest BCUT2D eigenvalue weighted by atomic mass is 16.6. The zero-order valence-electron chi connectivity index (χ0n) is 9.88. The third kappa shape index (κ3) is 16.0. The Morgan fingerprint density at radius 2 is 1.56 bits per heavy atom. The minimum atomic E-state index is -0.841. The summed E-state index contributed by atoms with van der Waals surface area (Å²) < 4.78 is 8.53. The number of carboxylic acid groups (broad SMARTS) is 1. The first kappa shape index (κ1) is 17.9. The van der Waals surface area contributed by atoms with Crippen molar-refractivity contribution < 1.29 is 33.8 Å². The molecule has 0 aliphatic carbocycles. The highest BCUT2D eigenvalue weighted by molar-refractivity contribution is 5.92. The van der Waals surface area contributed by atoms with Gasteiger partial charge in [0, 0.05) is 13.0 Å². The van der Waals surface area contributed by atoms with Crippen LogP contribution >= 0.6 is 0 Å². The monoisotopic (exact) mass is 258 g/mol. The molecule has 0 fully saturated rings. The molecule has 0 radical (unpaired) electrons. The smallest absolute Gasteiger partial charge is 0.337 e. The maximum Gasteiger partial charge on any atom is 0.337 e. The fraction of sp³-hybridized carbons (Fsp3) is 0.273. The number of esters is 3. The van der Waals surface area contributed by atoms with Crippen LogP contribution in [0.25, 0.3) is 0 Å². The van der Waals surface area contributed by atoms with Crippen molar-refractivity contribution in [2.45, 2.75) is 19.8 Å². The number of carboxylic acids is 1. The molecule has 0 amide bonds. The molecule has 18 heavy (non-hydrogen) atoms. The lowest BCUT2D eigenvalue weighted by atomic mass is 10.3. The molecule has 7 heteroatoms. The predicted molar refractivity (Wildman–Crippen MR) is 60.1 cm³/mol. The first-order chi connectivity index (χ1) is 8.33. The van der Waals surface area contributed by atoms with Gasteiger partial charge in [0.25, 0.3) is 5.97 Å². The fourth-order valence-corrected chi connectivity index (χ4v) is 0.561. The zero-order valence-corrected chi connectivity index (χ0v) is 9.88. The molecule has 0 spiro atoms. The maximum atomic E-state index is 10.8. The molecule has 0 heterocycles. The summed E-state index contributed by atoms with van der Waals surface area (Å²) in [4.78, 5) is 41.0. The van der Waals surface area contributed by atoms with Crippen molar-refractivity contribution in [1.82, 2.24) is 0 Å². The lowest BCUT2D eigenvalue weighted by Crippen LogP contribution is -2.11. The van der Waals surface area contributed by atoms with Gasteiger partial charge in [0.05, 0.1) is 19.1 Å². The van der Waals surface area contributed by atoms with Gasteiger partial charge in [-0.2, -0.15) is 0 Å². The molecule has 0 aliphatic rings. The first-order valence-electron chi connectivity index (χ1n) is 4.70. The summed E-state index contributed by atoms with van der Waals surface area (Å²) in [5.41, 5.74) is 0. The summed E-state index contributed by atoms with van der Waals surface area (Å²) in [5, 5.41) is 7.42. The number of carbonyl (C=O) groups excluding carboxylic acids is 3. The van der Waals surface area contributed by atoms with Gasteiger partial charge in [0.15, 0.2) is 0 Å². The van der Waals surface area contributed by atoms with E-state index in [4.69, 9.17) is 9.90 Å². The number of aliphatic carboxylic acids is 1. The average molecular weight is 258 g/mol. The molecule has 100 valence electrons. The quantitative estimate of drug-likeness (QED) is 0.336. The van der Waals surface area contributed by atoms with Gasteiger partial charge in [-0.1, -0.05) is 13.2 Å². The average Bonchev–Trinajstić information content (AvgIpc) is 2.26. The van der Waals surface area contributed by atoms with E-state index in [1.165, 1.54) is 0 Å². The zero-order chi connectivity index (χ0) is 14.6. The van der Waals surface area contributed by atoms with Crippen molar-refractivity contribution in [1.29, 1.82) is 0 Å². The maximum absolute atomic E-state index is 10.8. The lowest BCUT2D eigenvalue weighted by Gasteiger charge is -1.99. The Balaban J connectivity index is 0. The van der Waals surface area contributed by atoms with Crippen LogP contribution in [-0.4, -0.2) is 29.0 Å². The van der Waals surface area contributed by atoms with E-state index in [0.717, 1.165) is 19.3 Å². The van der Waals surface area contributed by atoms with Gasteiger partial charge >= 0.3 is 17.9 Å². The van der Waals surface area contributed by atoms with E-state index >= 15 is 0 Å². The fourth-order valence-electron chi connectivity index (χ4n) is 0.561. The van der Waals surface area contributed by atoms with Gasteiger partial charge in [-0.3, -0.25) is 14.4 Å². The van der Waals surface area contributed by atoms with Gasteiger partial charge in [-0.25, -0.2) is 4.79 Å². The second-order valence-electron chi connectivity index (χ2n) is 2.67. The molecule has 0 aliphatic heterocycles. The van der Waals surface area contributed by atoms with Crippen LogP contribution in [0, 0.1) is 0 Å². The van der Waals surface area contributed by atoms with Crippen LogP contribution in [0.4, 0.5) is 0 Å². The molecule has 0 saturated heterocycles. The largest absolute Gasteiger partial charge is 0.481 e. The summed E-state index contributed by atoms with van der Waals surface area (Å²) in [5.74, 6) is -3.08. The van der Waals surface area contributed by atoms with Crippen molar-refractivity contribution >= 4 is 23.9 Å². The van der Waals surface area contributed by atoms with Gasteiger partial charge < -0.3 is 14.6 Å². The third-order valence-corrected chi connectivity index (χ3v) is 1.13. The number of ether oxygens (including phenoxy) is 2. The van der Waals surface area contributed by atoms with E-state index in [1.807, 2.05) is 0 Å². The van der Waals surface area contributed by atoms with Crippen LogP contribution in [0.3, 0.4) is 0 Å². The lowest BCUT2D eigenvalue weighted by molar-refractivity contribution is -0.157. The second kappa shape index (κ2) is 11.1. The van der Waals surface area contributed by atoms with E-state index in [9.17, 15) is 14.4 Å². The SMILES string of the molecule is C=COC(=O)CCC(=O)OC(=O)C=C.CC(=O)O. The van der Waals surface area contributed by atoms with Crippen molar-refractivity contribution in [3.63, 3.8) is 0 Å². The standard InChI is InChI=1S/C9H10O5.C2H4O2/c1-3-7(10)14-9(12)6-5-8(11)13-4-2;1-2(3)4/h3-4H,1-2,5-6H2;1H3,(H,3,4). The van der Waals surface area contributed by atoms with Crippen LogP contribution in [0.15, 0.2) is 25.5 Å². The molecule has 0 bridgehead atoms. The Kier molecular flexibility index (Phi) is 11.0. The molecule has 0 rings (SSSR count). The van der Waals surface area contributed by atoms with Crippen LogP contribution in [0.1, 0.15) is 19.8 Å².